The number of tetrazole rings is 2. The average molecular weight is 1570 g/mol. The molecule has 0 aliphatic rings. The Labute approximate surface area is 609 Å². The lowest BCUT2D eigenvalue weighted by Gasteiger charge is -2.15. The standard InChI is InChI=1S/C27H51N15O4S2.5C7H8O3S/c1-20(43)28-12-18-47-16-8-22(24(45)32-26-34-38-39-35-26)30-10-4-6-14-42(3)15-7-5-11-31-23(9-17-48-19-13-29-21(2)44)25(46)33-27-36-40-41-37-27;5*1-6-2-4-7(5-3-6)11(8,9)10/h10-11,20-23,28-29,43-44H,4-9,12-19H2,1-3H3,(H2,32,34,35,38,39,45)(H2,33,36,37,40,41,46);5*2-5H,1H3,(H,8,9,10)/b30-10-,31-11-;;;;;. The van der Waals surface area contributed by atoms with Crippen molar-refractivity contribution in [3.63, 3.8) is 0 Å². The Balaban J connectivity index is 0.000000516. The zero-order chi connectivity index (χ0) is 77.2. The summed E-state index contributed by atoms with van der Waals surface area (Å²) in [6, 6.07) is 28.8. The Hall–Kier alpha value is -7.43. The molecule has 4 atom stereocenters. The van der Waals surface area contributed by atoms with Gasteiger partial charge < -0.3 is 15.1 Å². The van der Waals surface area contributed by atoms with Gasteiger partial charge in [-0.3, -0.25) is 63.6 Å². The van der Waals surface area contributed by atoms with Crippen LogP contribution in [-0.4, -0.2) is 226 Å². The van der Waals surface area contributed by atoms with Gasteiger partial charge in [0.2, 0.25) is 11.9 Å². The van der Waals surface area contributed by atoms with E-state index in [2.05, 4.69) is 84.4 Å². The number of nitrogens with one attached hydrogen (secondary N) is 6. The van der Waals surface area contributed by atoms with Gasteiger partial charge in [-0.05, 0) is 213 Å². The van der Waals surface area contributed by atoms with Crippen LogP contribution in [0.25, 0.3) is 0 Å². The van der Waals surface area contributed by atoms with Crippen molar-refractivity contribution in [2.45, 2.75) is 136 Å². The first-order valence-corrected chi connectivity index (χ1v) is 40.8. The van der Waals surface area contributed by atoms with Crippen molar-refractivity contribution < 1.29 is 84.7 Å². The number of hydrogen-bond donors (Lipinski definition) is 13. The Bertz CT molecular complexity index is 3700. The second kappa shape index (κ2) is 47.8. The Morgan fingerprint density at radius 3 is 0.922 bits per heavy atom. The third-order valence-corrected chi connectivity index (χ3v) is 19.5. The van der Waals surface area contributed by atoms with E-state index in [1.165, 1.54) is 60.7 Å². The molecule has 0 aliphatic heterocycles. The fourth-order valence-corrected chi connectivity index (χ4v) is 11.7. The quantitative estimate of drug-likeness (QED) is 0.00974. The predicted molar refractivity (Wildman–Crippen MR) is 394 cm³/mol. The molecule has 7 aromatic rings. The van der Waals surface area contributed by atoms with E-state index in [0.717, 1.165) is 89.6 Å². The number of benzene rings is 5. The maximum absolute atomic E-state index is 12.8. The van der Waals surface area contributed by atoms with E-state index in [1.807, 2.05) is 47.0 Å². The molecule has 41 heteroatoms. The number of carbonyl (C=O) groups is 2. The summed E-state index contributed by atoms with van der Waals surface area (Å²) < 4.78 is 148. The Kier molecular flexibility index (Phi) is 42.6. The van der Waals surface area contributed by atoms with Crippen LogP contribution in [0.2, 0.25) is 0 Å². The lowest BCUT2D eigenvalue weighted by atomic mass is 10.2. The molecule has 103 heavy (non-hydrogen) atoms. The number of anilines is 2. The molecule has 5 aromatic carbocycles. The molecule has 4 unspecified atom stereocenters. The molecule has 2 heterocycles. The normalized spacial score (nSPS) is 12.9. The number of amides is 2. The van der Waals surface area contributed by atoms with Gasteiger partial charge in [0, 0.05) is 24.6 Å². The molecule has 7 rings (SSSR count). The molecule has 0 saturated carbocycles. The first-order valence-electron chi connectivity index (χ1n) is 31.2. The molecule has 34 nitrogen and oxygen atoms in total. The number of nitrogens with zero attached hydrogens (tertiary/aromatic N) is 9. The number of aryl methyl sites for hydroxylation is 5. The number of carbonyl (C=O) groups excluding carboxylic acids is 2. The van der Waals surface area contributed by atoms with Gasteiger partial charge in [-0.15, -0.1) is 0 Å². The molecule has 0 spiro atoms. The third kappa shape index (κ3) is 43.4. The summed E-state index contributed by atoms with van der Waals surface area (Å²) in [6.45, 7) is 15.7. The van der Waals surface area contributed by atoms with Crippen LogP contribution in [0.4, 0.5) is 11.9 Å². The number of hydrogen-bond acceptors (Lipinski definition) is 27. The van der Waals surface area contributed by atoms with Gasteiger partial charge in [-0.2, -0.15) is 65.6 Å². The third-order valence-electron chi connectivity index (χ3n) is 13.1. The number of aromatic nitrogens is 8. The smallest absolute Gasteiger partial charge is 0.294 e. The molecule has 2 amide bonds. The van der Waals surface area contributed by atoms with Crippen LogP contribution in [0.3, 0.4) is 0 Å². The summed E-state index contributed by atoms with van der Waals surface area (Å²) in [5.41, 5.74) is 4.78. The van der Waals surface area contributed by atoms with Crippen LogP contribution >= 0.6 is 23.5 Å². The van der Waals surface area contributed by atoms with Crippen LogP contribution in [0, 0.1) is 34.6 Å². The van der Waals surface area contributed by atoms with Crippen LogP contribution in [0.5, 0.6) is 0 Å². The summed E-state index contributed by atoms with van der Waals surface area (Å²) in [4.78, 5) is 36.5. The highest BCUT2D eigenvalue weighted by atomic mass is 32.2. The fraction of sp³-hybridized carbons (Fsp3) is 0.419. The van der Waals surface area contributed by atoms with Gasteiger partial charge in [0.05, 0.1) is 24.5 Å². The SMILES string of the molecule is CC(O)NCCSCCC(/N=C\CCCN(C)CCC/C=N\C(CCSCCNC(C)O)C(=O)Nc1nnn[nH]1)C(=O)Nc1nnn[nH]1.Cc1ccc(S(=O)(=O)O)cc1.Cc1ccc(S(=O)(=O)O)cc1.Cc1ccc(S(=O)(=O)O)cc1.Cc1ccc(S(=O)(=O)O)cc1.Cc1ccc(S(=O)(=O)O)cc1. The van der Waals surface area contributed by atoms with Crippen molar-refractivity contribution in [1.82, 2.24) is 56.8 Å². The largest absolute Gasteiger partial charge is 0.379 e. The van der Waals surface area contributed by atoms with E-state index in [1.54, 1.807) is 98.0 Å². The monoisotopic (exact) mass is 1570 g/mol. The van der Waals surface area contributed by atoms with Gasteiger partial charge in [-0.25, -0.2) is 10.2 Å². The van der Waals surface area contributed by atoms with Crippen LogP contribution in [-0.2, 0) is 60.2 Å². The Morgan fingerprint density at radius 1 is 0.456 bits per heavy atom. The van der Waals surface area contributed by atoms with Crippen molar-refractivity contribution >= 4 is 110 Å². The van der Waals surface area contributed by atoms with Crippen molar-refractivity contribution in [3.8, 4) is 0 Å². The van der Waals surface area contributed by atoms with E-state index < -0.39 is 75.1 Å². The molecule has 0 fully saturated rings. The number of H-pyrrole nitrogens is 2. The average Bonchev–Trinajstić information content (AvgIpc) is 1.51. The second-order valence-electron chi connectivity index (χ2n) is 22.3. The zero-order valence-electron chi connectivity index (χ0n) is 57.8. The lowest BCUT2D eigenvalue weighted by molar-refractivity contribution is -0.118. The molecule has 0 radical (unpaired) electrons. The molecule has 0 saturated heterocycles. The minimum absolute atomic E-state index is 0.0666. The number of aromatic amines is 2. The van der Waals surface area contributed by atoms with Crippen LogP contribution in [0.1, 0.15) is 80.2 Å². The zero-order valence-corrected chi connectivity index (χ0v) is 63.5. The van der Waals surface area contributed by atoms with Crippen molar-refractivity contribution in [1.29, 1.82) is 0 Å². The van der Waals surface area contributed by atoms with Crippen molar-refractivity contribution in [2.24, 2.45) is 9.98 Å². The lowest BCUT2D eigenvalue weighted by Crippen LogP contribution is -2.29. The molecular weight excluding hydrogens is 1480 g/mol. The maximum Gasteiger partial charge on any atom is 0.294 e. The van der Waals surface area contributed by atoms with Gasteiger partial charge in [0.1, 0.15) is 24.5 Å². The number of aliphatic hydroxyl groups excluding tert-OH is 2. The minimum Gasteiger partial charge on any atom is -0.379 e. The van der Waals surface area contributed by atoms with Crippen molar-refractivity contribution in [2.75, 3.05) is 66.9 Å². The van der Waals surface area contributed by atoms with E-state index in [-0.39, 0.29) is 48.2 Å². The molecule has 0 aliphatic carbocycles. The molecular formula is C62H91N15O19S7. The summed E-state index contributed by atoms with van der Waals surface area (Å²) in [5.74, 6) is 2.92. The summed E-state index contributed by atoms with van der Waals surface area (Å²) in [5, 5.41) is 56.2. The number of unbranched alkanes of at least 4 members (excludes halogenated alkanes) is 2. The fourth-order valence-electron chi connectivity index (χ4n) is 7.62. The highest BCUT2D eigenvalue weighted by Crippen LogP contribution is 2.15. The van der Waals surface area contributed by atoms with Gasteiger partial charge in [0.25, 0.3) is 62.4 Å². The second-order valence-corrected chi connectivity index (χ2v) is 31.8. The first kappa shape index (κ1) is 91.7. The van der Waals surface area contributed by atoms with E-state index in [9.17, 15) is 61.9 Å². The number of rotatable bonds is 33. The molecule has 0 bridgehead atoms. The number of thioether (sulfide) groups is 2. The molecule has 2 aromatic heterocycles. The van der Waals surface area contributed by atoms with Gasteiger partial charge in [-0.1, -0.05) is 98.7 Å². The van der Waals surface area contributed by atoms with E-state index in [4.69, 9.17) is 22.8 Å². The van der Waals surface area contributed by atoms with Crippen LogP contribution in [0.15, 0.2) is 156 Å². The first-order chi connectivity index (χ1) is 48.2. The molecule has 570 valence electrons. The number of aliphatic hydroxyl groups is 2. The topological polar surface area (TPSA) is 531 Å². The molecule has 13 N–H and O–H groups in total. The van der Waals surface area contributed by atoms with E-state index >= 15 is 0 Å². The van der Waals surface area contributed by atoms with Crippen LogP contribution < -0.4 is 21.3 Å². The summed E-state index contributed by atoms with van der Waals surface area (Å²) in [6.07, 6.45) is 6.89. The summed E-state index contributed by atoms with van der Waals surface area (Å²) in [7, 11) is -18.0. The van der Waals surface area contributed by atoms with Crippen molar-refractivity contribution in [3.05, 3.63) is 149 Å². The predicted octanol–water partition coefficient (Wildman–Crippen LogP) is 5.97. The Morgan fingerprint density at radius 2 is 0.709 bits per heavy atom. The maximum atomic E-state index is 12.8. The van der Waals surface area contributed by atoms with Gasteiger partial charge in [0.15, 0.2) is 0 Å². The number of aliphatic imine (C=N–C) groups is 2. The van der Waals surface area contributed by atoms with E-state index in [0.29, 0.717) is 25.9 Å². The summed E-state index contributed by atoms with van der Waals surface area (Å²) >= 11 is 3.38. The highest BCUT2D eigenvalue weighted by Gasteiger charge is 2.20. The van der Waals surface area contributed by atoms with Gasteiger partial charge >= 0.3 is 0 Å². The highest BCUT2D eigenvalue weighted by molar-refractivity contribution is 7.99. The minimum atomic E-state index is -4.02.